The molecule has 1 N–H and O–H groups in total. The Hall–Kier alpha value is -1.84. The fourth-order valence-corrected chi connectivity index (χ4v) is 2.15. The molecule has 0 unspecified atom stereocenters. The van der Waals surface area contributed by atoms with E-state index in [4.69, 9.17) is 0 Å². The molecule has 1 fully saturated rings. The first-order valence-electron chi connectivity index (χ1n) is 6.54. The van der Waals surface area contributed by atoms with Gasteiger partial charge >= 0.3 is 6.03 Å². The second-order valence-electron chi connectivity index (χ2n) is 5.84. The van der Waals surface area contributed by atoms with Crippen molar-refractivity contribution >= 4 is 11.9 Å². The molecule has 0 aliphatic carbocycles. The minimum Gasteiger partial charge on any atom is -0.324 e. The second kappa shape index (κ2) is 4.68. The molecule has 3 amide bonds. The summed E-state index contributed by atoms with van der Waals surface area (Å²) in [5.74, 6) is 0.301. The summed E-state index contributed by atoms with van der Waals surface area (Å²) in [6.45, 7) is 8.03. The largest absolute Gasteiger partial charge is 0.325 e. The number of hydrogen-bond acceptors (Lipinski definition) is 2. The number of rotatable bonds is 3. The zero-order valence-corrected chi connectivity index (χ0v) is 11.9. The van der Waals surface area contributed by atoms with Crippen LogP contribution in [0.25, 0.3) is 0 Å². The zero-order valence-electron chi connectivity index (χ0n) is 11.9. The maximum Gasteiger partial charge on any atom is 0.325 e. The summed E-state index contributed by atoms with van der Waals surface area (Å²) in [6.07, 6.45) is 0. The van der Waals surface area contributed by atoms with E-state index in [0.29, 0.717) is 12.5 Å². The molecule has 2 rings (SSSR count). The number of nitrogens with zero attached hydrogens (tertiary/aromatic N) is 1. The van der Waals surface area contributed by atoms with Crippen LogP contribution in [0.2, 0.25) is 0 Å². The van der Waals surface area contributed by atoms with Crippen LogP contribution < -0.4 is 5.32 Å². The van der Waals surface area contributed by atoms with Crippen molar-refractivity contribution < 1.29 is 9.59 Å². The minimum atomic E-state index is -0.797. The van der Waals surface area contributed by atoms with Crippen LogP contribution >= 0.6 is 0 Å². The summed E-state index contributed by atoms with van der Waals surface area (Å²) in [5.41, 5.74) is 1.42. The summed E-state index contributed by atoms with van der Waals surface area (Å²) in [5, 5.41) is 2.68. The fraction of sp³-hybridized carbons (Fsp3) is 0.467. The molecule has 4 nitrogen and oxygen atoms in total. The first kappa shape index (κ1) is 13.6. The fourth-order valence-electron chi connectivity index (χ4n) is 2.15. The molecule has 19 heavy (non-hydrogen) atoms. The highest BCUT2D eigenvalue weighted by Crippen LogP contribution is 2.20. The van der Waals surface area contributed by atoms with Crippen LogP contribution in [0.4, 0.5) is 4.79 Å². The van der Waals surface area contributed by atoms with Gasteiger partial charge < -0.3 is 5.32 Å². The van der Waals surface area contributed by atoms with Crippen molar-refractivity contribution in [2.75, 3.05) is 0 Å². The smallest absolute Gasteiger partial charge is 0.324 e. The Labute approximate surface area is 113 Å². The van der Waals surface area contributed by atoms with Crippen molar-refractivity contribution in [1.82, 2.24) is 10.2 Å². The Morgan fingerprint density at radius 3 is 2.16 bits per heavy atom. The van der Waals surface area contributed by atoms with Gasteiger partial charge in [0.1, 0.15) is 5.54 Å². The van der Waals surface area contributed by atoms with Gasteiger partial charge in [-0.2, -0.15) is 0 Å². The van der Waals surface area contributed by atoms with E-state index in [1.807, 2.05) is 24.3 Å². The average molecular weight is 260 g/mol. The highest BCUT2D eigenvalue weighted by molar-refractivity contribution is 6.06. The van der Waals surface area contributed by atoms with E-state index in [0.717, 1.165) is 5.56 Å². The van der Waals surface area contributed by atoms with Gasteiger partial charge in [0, 0.05) is 0 Å². The summed E-state index contributed by atoms with van der Waals surface area (Å²) in [7, 11) is 0. The monoisotopic (exact) mass is 260 g/mol. The predicted molar refractivity (Wildman–Crippen MR) is 73.7 cm³/mol. The van der Waals surface area contributed by atoms with Gasteiger partial charge in [-0.15, -0.1) is 0 Å². The Kier molecular flexibility index (Phi) is 3.35. The van der Waals surface area contributed by atoms with Crippen LogP contribution in [0.1, 0.15) is 44.7 Å². The van der Waals surface area contributed by atoms with Gasteiger partial charge in [-0.3, -0.25) is 9.69 Å². The van der Waals surface area contributed by atoms with Crippen LogP contribution in [0.3, 0.4) is 0 Å². The molecule has 1 aliphatic rings. The number of carbonyl (C=O) groups excluding carboxylic acids is 2. The van der Waals surface area contributed by atoms with Crippen LogP contribution in [0.15, 0.2) is 24.3 Å². The SMILES string of the molecule is CC(C)c1ccc(CN2C(=O)NC(C)(C)C2=O)cc1. The number of urea groups is 1. The molecule has 0 saturated carbocycles. The van der Waals surface area contributed by atoms with Crippen molar-refractivity contribution in [3.63, 3.8) is 0 Å². The van der Waals surface area contributed by atoms with E-state index < -0.39 is 5.54 Å². The van der Waals surface area contributed by atoms with Crippen molar-refractivity contribution in [3.05, 3.63) is 35.4 Å². The normalized spacial score (nSPS) is 18.1. The van der Waals surface area contributed by atoms with E-state index >= 15 is 0 Å². The van der Waals surface area contributed by atoms with Crippen molar-refractivity contribution in [3.8, 4) is 0 Å². The molecule has 1 heterocycles. The Morgan fingerprint density at radius 1 is 1.16 bits per heavy atom. The van der Waals surface area contributed by atoms with Gasteiger partial charge in [-0.25, -0.2) is 4.79 Å². The van der Waals surface area contributed by atoms with Gasteiger partial charge in [0.15, 0.2) is 0 Å². The third-order valence-corrected chi connectivity index (χ3v) is 3.43. The molecule has 0 atom stereocenters. The molecular weight excluding hydrogens is 240 g/mol. The zero-order chi connectivity index (χ0) is 14.2. The van der Waals surface area contributed by atoms with Crippen LogP contribution in [0, 0.1) is 0 Å². The first-order chi connectivity index (χ1) is 8.81. The maximum absolute atomic E-state index is 12.1. The number of benzene rings is 1. The van der Waals surface area contributed by atoms with Crippen LogP contribution in [-0.2, 0) is 11.3 Å². The number of imide groups is 1. The number of carbonyl (C=O) groups is 2. The lowest BCUT2D eigenvalue weighted by Crippen LogP contribution is -2.40. The Balaban J connectivity index is 2.13. The number of hydrogen-bond donors (Lipinski definition) is 1. The molecule has 102 valence electrons. The highest BCUT2D eigenvalue weighted by Gasteiger charge is 2.43. The van der Waals surface area contributed by atoms with E-state index in [9.17, 15) is 9.59 Å². The maximum atomic E-state index is 12.1. The summed E-state index contributed by atoms with van der Waals surface area (Å²) < 4.78 is 0. The van der Waals surface area contributed by atoms with Gasteiger partial charge in [0.25, 0.3) is 5.91 Å². The lowest BCUT2D eigenvalue weighted by atomic mass is 10.0. The third kappa shape index (κ3) is 2.62. The lowest BCUT2D eigenvalue weighted by molar-refractivity contribution is -0.130. The summed E-state index contributed by atoms with van der Waals surface area (Å²) >= 11 is 0. The standard InChI is InChI=1S/C15H20N2O2/c1-10(2)12-7-5-11(6-8-12)9-17-13(18)15(3,4)16-14(17)19/h5-8,10H,9H2,1-4H3,(H,16,19). The Bertz CT molecular complexity index is 503. The average Bonchev–Trinajstić information content (AvgIpc) is 2.52. The molecule has 4 heteroatoms. The first-order valence-corrected chi connectivity index (χ1v) is 6.54. The molecule has 0 radical (unpaired) electrons. The van der Waals surface area contributed by atoms with Gasteiger partial charge in [-0.05, 0) is 30.9 Å². The van der Waals surface area contributed by atoms with E-state index in [1.165, 1.54) is 10.5 Å². The van der Waals surface area contributed by atoms with Gasteiger partial charge in [0.05, 0.1) is 6.54 Å². The quantitative estimate of drug-likeness (QED) is 0.849. The summed E-state index contributed by atoms with van der Waals surface area (Å²) in [4.78, 5) is 25.1. The van der Waals surface area contributed by atoms with Crippen LogP contribution in [-0.4, -0.2) is 22.4 Å². The molecule has 0 bridgehead atoms. The van der Waals surface area contributed by atoms with E-state index in [2.05, 4.69) is 19.2 Å². The van der Waals surface area contributed by atoms with E-state index in [1.54, 1.807) is 13.8 Å². The van der Waals surface area contributed by atoms with E-state index in [-0.39, 0.29) is 11.9 Å². The molecule has 1 aromatic rings. The molecule has 0 aromatic heterocycles. The minimum absolute atomic E-state index is 0.176. The van der Waals surface area contributed by atoms with Crippen LogP contribution in [0.5, 0.6) is 0 Å². The van der Waals surface area contributed by atoms with Crippen molar-refractivity contribution in [2.45, 2.75) is 45.7 Å². The molecule has 1 aromatic carbocycles. The number of amides is 3. The van der Waals surface area contributed by atoms with Gasteiger partial charge in [-0.1, -0.05) is 38.1 Å². The highest BCUT2D eigenvalue weighted by atomic mass is 16.2. The summed E-state index contributed by atoms with van der Waals surface area (Å²) in [6, 6.07) is 7.72. The lowest BCUT2D eigenvalue weighted by Gasteiger charge is -2.16. The third-order valence-electron chi connectivity index (χ3n) is 3.43. The molecule has 1 saturated heterocycles. The van der Waals surface area contributed by atoms with Crippen molar-refractivity contribution in [1.29, 1.82) is 0 Å². The molecular formula is C15H20N2O2. The molecule has 1 aliphatic heterocycles. The Morgan fingerprint density at radius 2 is 1.74 bits per heavy atom. The topological polar surface area (TPSA) is 49.4 Å². The second-order valence-corrected chi connectivity index (χ2v) is 5.84. The van der Waals surface area contributed by atoms with Crippen molar-refractivity contribution in [2.24, 2.45) is 0 Å². The predicted octanol–water partition coefficient (Wildman–Crippen LogP) is 2.64. The van der Waals surface area contributed by atoms with Gasteiger partial charge in [0.2, 0.25) is 0 Å². The number of nitrogens with one attached hydrogen (secondary N) is 1. The molecule has 0 spiro atoms.